The van der Waals surface area contributed by atoms with Crippen molar-refractivity contribution in [3.63, 3.8) is 0 Å². The van der Waals surface area contributed by atoms with Crippen LogP contribution in [0.3, 0.4) is 0 Å². The zero-order chi connectivity index (χ0) is 18.4. The third-order valence-electron chi connectivity index (χ3n) is 3.64. The third-order valence-corrected chi connectivity index (χ3v) is 3.93. The van der Waals surface area contributed by atoms with Crippen LogP contribution in [0.1, 0.15) is 17.9 Å². The van der Waals surface area contributed by atoms with Gasteiger partial charge < -0.3 is 19.9 Å². The summed E-state index contributed by atoms with van der Waals surface area (Å²) in [7, 11) is 2.90. The van der Waals surface area contributed by atoms with E-state index in [2.05, 4.69) is 5.32 Å². The first kappa shape index (κ1) is 18.6. The van der Waals surface area contributed by atoms with Crippen LogP contribution in [0.25, 0.3) is 0 Å². The predicted molar refractivity (Wildman–Crippen MR) is 94.6 cm³/mol. The molecule has 0 saturated heterocycles. The lowest BCUT2D eigenvalue weighted by atomic mass is 9.95. The number of amides is 1. The molecule has 2 N–H and O–H groups in total. The van der Waals surface area contributed by atoms with Crippen molar-refractivity contribution < 1.29 is 24.2 Å². The van der Waals surface area contributed by atoms with Crippen molar-refractivity contribution in [2.45, 2.75) is 12.3 Å². The van der Waals surface area contributed by atoms with Crippen LogP contribution in [0, 0.1) is 0 Å². The molecule has 2 aromatic rings. The Morgan fingerprint density at radius 2 is 1.76 bits per heavy atom. The molecule has 25 heavy (non-hydrogen) atoms. The van der Waals surface area contributed by atoms with E-state index in [1.807, 2.05) is 0 Å². The van der Waals surface area contributed by atoms with Crippen LogP contribution in [0.5, 0.6) is 11.5 Å². The lowest BCUT2D eigenvalue weighted by Gasteiger charge is -2.15. The van der Waals surface area contributed by atoms with E-state index >= 15 is 0 Å². The third kappa shape index (κ3) is 4.64. The molecule has 0 bridgehead atoms. The number of methoxy groups -OCH3 is 2. The fraction of sp³-hybridized carbons (Fsp3) is 0.222. The van der Waals surface area contributed by atoms with Gasteiger partial charge in [-0.15, -0.1) is 0 Å². The average Bonchev–Trinajstić information content (AvgIpc) is 2.61. The van der Waals surface area contributed by atoms with Crippen LogP contribution in [0.4, 0.5) is 5.69 Å². The summed E-state index contributed by atoms with van der Waals surface area (Å²) in [6.45, 7) is 0. The first-order valence-electron chi connectivity index (χ1n) is 7.45. The van der Waals surface area contributed by atoms with Gasteiger partial charge in [0.2, 0.25) is 5.91 Å². The molecule has 0 aliphatic rings. The molecule has 2 rings (SSSR count). The van der Waals surface area contributed by atoms with Crippen LogP contribution in [0.15, 0.2) is 42.5 Å². The quantitative estimate of drug-likeness (QED) is 0.785. The van der Waals surface area contributed by atoms with E-state index in [1.54, 1.807) is 30.3 Å². The number of carbonyl (C=O) groups is 2. The molecule has 1 amide bonds. The van der Waals surface area contributed by atoms with Gasteiger partial charge in [0.05, 0.1) is 30.8 Å². The number of carboxylic acids is 1. The summed E-state index contributed by atoms with van der Waals surface area (Å²) >= 11 is 6.03. The molecular weight excluding hydrogens is 346 g/mol. The standard InChI is InChI=1S/C18H18ClNO5/c1-24-15-10-14(16(25-2)9-13(15)19)20-17(21)8-12(18(22)23)11-6-4-3-5-7-11/h3-7,9-10,12H,8H2,1-2H3,(H,20,21)(H,22,23)/t12-/m1/s1. The van der Waals surface area contributed by atoms with Gasteiger partial charge in [-0.05, 0) is 5.56 Å². The molecule has 0 aliphatic heterocycles. The minimum absolute atomic E-state index is 0.215. The number of hydrogen-bond donors (Lipinski definition) is 2. The molecule has 0 unspecified atom stereocenters. The van der Waals surface area contributed by atoms with Crippen molar-refractivity contribution in [2.24, 2.45) is 0 Å². The van der Waals surface area contributed by atoms with Gasteiger partial charge in [0.15, 0.2) is 0 Å². The normalized spacial score (nSPS) is 11.5. The van der Waals surface area contributed by atoms with E-state index in [-0.39, 0.29) is 6.42 Å². The van der Waals surface area contributed by atoms with Gasteiger partial charge in [-0.3, -0.25) is 9.59 Å². The Bertz CT molecular complexity index is 764. The van der Waals surface area contributed by atoms with Crippen LogP contribution in [0.2, 0.25) is 5.02 Å². The topological polar surface area (TPSA) is 84.9 Å². The van der Waals surface area contributed by atoms with Gasteiger partial charge in [-0.1, -0.05) is 41.9 Å². The molecule has 2 aromatic carbocycles. The number of halogens is 1. The van der Waals surface area contributed by atoms with E-state index in [1.165, 1.54) is 26.4 Å². The number of nitrogens with one attached hydrogen (secondary N) is 1. The molecular formula is C18H18ClNO5. The Morgan fingerprint density at radius 1 is 1.12 bits per heavy atom. The first-order valence-corrected chi connectivity index (χ1v) is 7.83. The minimum atomic E-state index is -1.07. The maximum absolute atomic E-state index is 12.3. The zero-order valence-corrected chi connectivity index (χ0v) is 14.5. The van der Waals surface area contributed by atoms with Crippen LogP contribution in [-0.2, 0) is 9.59 Å². The van der Waals surface area contributed by atoms with Crippen molar-refractivity contribution in [2.75, 3.05) is 19.5 Å². The molecule has 7 heteroatoms. The molecule has 0 radical (unpaired) electrons. The summed E-state index contributed by atoms with van der Waals surface area (Å²) in [6.07, 6.45) is -0.215. The smallest absolute Gasteiger partial charge is 0.311 e. The van der Waals surface area contributed by atoms with Gasteiger partial charge in [0.25, 0.3) is 0 Å². The number of aliphatic carboxylic acids is 1. The Hall–Kier alpha value is -2.73. The Kier molecular flexibility index (Phi) is 6.25. The van der Waals surface area contributed by atoms with Gasteiger partial charge in [-0.25, -0.2) is 0 Å². The second-order valence-electron chi connectivity index (χ2n) is 5.24. The van der Waals surface area contributed by atoms with E-state index in [9.17, 15) is 14.7 Å². The molecule has 1 atom stereocenters. The highest BCUT2D eigenvalue weighted by atomic mass is 35.5. The number of benzene rings is 2. The second-order valence-corrected chi connectivity index (χ2v) is 5.65. The van der Waals surface area contributed by atoms with Crippen molar-refractivity contribution in [3.05, 3.63) is 53.1 Å². The number of rotatable bonds is 7. The summed E-state index contributed by atoms with van der Waals surface area (Å²) in [5.41, 5.74) is 0.914. The van der Waals surface area contributed by atoms with E-state index in [0.717, 1.165) is 0 Å². The fourth-order valence-electron chi connectivity index (χ4n) is 2.38. The molecule has 0 fully saturated rings. The Balaban J connectivity index is 2.20. The fourth-order valence-corrected chi connectivity index (χ4v) is 2.61. The number of carbonyl (C=O) groups excluding carboxylic acids is 1. The zero-order valence-electron chi connectivity index (χ0n) is 13.8. The number of ether oxygens (including phenoxy) is 2. The molecule has 132 valence electrons. The van der Waals surface area contributed by atoms with Crippen molar-refractivity contribution >= 4 is 29.2 Å². The van der Waals surface area contributed by atoms with Gasteiger partial charge in [0, 0.05) is 18.6 Å². The summed E-state index contributed by atoms with van der Waals surface area (Å²) in [5.74, 6) is -1.75. The Morgan fingerprint density at radius 3 is 2.32 bits per heavy atom. The highest BCUT2D eigenvalue weighted by Crippen LogP contribution is 2.36. The Labute approximate surface area is 150 Å². The van der Waals surface area contributed by atoms with E-state index in [4.69, 9.17) is 21.1 Å². The largest absolute Gasteiger partial charge is 0.495 e. The maximum Gasteiger partial charge on any atom is 0.311 e. The summed E-state index contributed by atoms with van der Waals surface area (Å²) < 4.78 is 10.3. The lowest BCUT2D eigenvalue weighted by Crippen LogP contribution is -2.21. The number of anilines is 1. The molecule has 0 spiro atoms. The van der Waals surface area contributed by atoms with E-state index in [0.29, 0.717) is 27.8 Å². The molecule has 0 heterocycles. The van der Waals surface area contributed by atoms with Crippen molar-refractivity contribution in [3.8, 4) is 11.5 Å². The maximum atomic E-state index is 12.3. The first-order chi connectivity index (χ1) is 12.0. The SMILES string of the molecule is COc1cc(NC(=O)C[C@@H](C(=O)O)c2ccccc2)c(OC)cc1Cl. The highest BCUT2D eigenvalue weighted by molar-refractivity contribution is 6.32. The van der Waals surface area contributed by atoms with Crippen LogP contribution >= 0.6 is 11.6 Å². The van der Waals surface area contributed by atoms with Crippen molar-refractivity contribution in [1.29, 1.82) is 0 Å². The van der Waals surface area contributed by atoms with Gasteiger partial charge >= 0.3 is 5.97 Å². The van der Waals surface area contributed by atoms with Crippen LogP contribution < -0.4 is 14.8 Å². The van der Waals surface area contributed by atoms with Crippen molar-refractivity contribution in [1.82, 2.24) is 0 Å². The van der Waals surface area contributed by atoms with Gasteiger partial charge in [0.1, 0.15) is 11.5 Å². The predicted octanol–water partition coefficient (Wildman–Crippen LogP) is 3.55. The monoisotopic (exact) mass is 363 g/mol. The summed E-state index contributed by atoms with van der Waals surface area (Å²) in [6, 6.07) is 11.6. The molecule has 0 aromatic heterocycles. The highest BCUT2D eigenvalue weighted by Gasteiger charge is 2.24. The van der Waals surface area contributed by atoms with Crippen LogP contribution in [-0.4, -0.2) is 31.2 Å². The molecule has 0 saturated carbocycles. The lowest BCUT2D eigenvalue weighted by molar-refractivity contribution is -0.140. The average molecular weight is 364 g/mol. The molecule has 0 aliphatic carbocycles. The number of carboxylic acid groups (broad SMARTS) is 1. The second kappa shape index (κ2) is 8.39. The number of hydrogen-bond acceptors (Lipinski definition) is 4. The molecule has 6 nitrogen and oxygen atoms in total. The minimum Gasteiger partial charge on any atom is -0.495 e. The van der Waals surface area contributed by atoms with Gasteiger partial charge in [-0.2, -0.15) is 0 Å². The van der Waals surface area contributed by atoms with E-state index < -0.39 is 17.8 Å². The summed E-state index contributed by atoms with van der Waals surface area (Å²) in [4.78, 5) is 23.9. The summed E-state index contributed by atoms with van der Waals surface area (Å²) in [5, 5.41) is 12.4.